The van der Waals surface area contributed by atoms with Crippen LogP contribution in [0.2, 0.25) is 0 Å². The second-order valence-electron chi connectivity index (χ2n) is 3.20. The van der Waals surface area contributed by atoms with Crippen molar-refractivity contribution in [2.75, 3.05) is 25.1 Å². The van der Waals surface area contributed by atoms with Crippen LogP contribution in [0.25, 0.3) is 0 Å². The number of thioether (sulfide) groups is 1. The summed E-state index contributed by atoms with van der Waals surface area (Å²) in [6, 6.07) is 0. The highest BCUT2D eigenvalue weighted by molar-refractivity contribution is 7.98. The normalized spacial score (nSPS) is 12.0. The lowest BCUT2D eigenvalue weighted by atomic mass is 10.2. The predicted molar refractivity (Wildman–Crippen MR) is 55.8 cm³/mol. The fourth-order valence-electron chi connectivity index (χ4n) is 1.08. The van der Waals surface area contributed by atoms with E-state index in [4.69, 9.17) is 0 Å². The summed E-state index contributed by atoms with van der Waals surface area (Å²) in [5, 5.41) is 2.39. The third kappa shape index (κ3) is 12.1. The lowest BCUT2D eigenvalue weighted by Crippen LogP contribution is -2.29. The van der Waals surface area contributed by atoms with Crippen molar-refractivity contribution >= 4 is 11.8 Å². The van der Waals surface area contributed by atoms with E-state index in [-0.39, 0.29) is 0 Å². The van der Waals surface area contributed by atoms with Crippen molar-refractivity contribution in [3.05, 3.63) is 0 Å². The van der Waals surface area contributed by atoms with Crippen LogP contribution in [0.4, 0.5) is 13.2 Å². The van der Waals surface area contributed by atoms with Crippen LogP contribution in [-0.4, -0.2) is 31.3 Å². The summed E-state index contributed by atoms with van der Waals surface area (Å²) in [6.07, 6.45) is 2.13. The summed E-state index contributed by atoms with van der Waals surface area (Å²) in [4.78, 5) is 0. The zero-order chi connectivity index (χ0) is 10.9. The average molecular weight is 229 g/mol. The number of nitrogens with one attached hydrogen (secondary N) is 1. The second-order valence-corrected chi connectivity index (χ2v) is 4.18. The van der Waals surface area contributed by atoms with Crippen molar-refractivity contribution in [2.24, 2.45) is 0 Å². The first-order chi connectivity index (χ1) is 6.56. The van der Waals surface area contributed by atoms with Gasteiger partial charge in [-0.05, 0) is 31.4 Å². The largest absolute Gasteiger partial charge is 0.401 e. The minimum absolute atomic E-state index is 0.471. The van der Waals surface area contributed by atoms with E-state index < -0.39 is 12.7 Å². The standard InChI is InChI=1S/C9H18F3NS/c1-14-7-5-3-2-4-6-13-8-9(10,11)12/h13H,2-8H2,1H3. The quantitative estimate of drug-likeness (QED) is 0.642. The van der Waals surface area contributed by atoms with Gasteiger partial charge in [0.1, 0.15) is 0 Å². The van der Waals surface area contributed by atoms with Crippen LogP contribution >= 0.6 is 11.8 Å². The van der Waals surface area contributed by atoms with Crippen LogP contribution in [0.15, 0.2) is 0 Å². The molecule has 0 aromatic heterocycles. The third-order valence-corrected chi connectivity index (χ3v) is 2.47. The average Bonchev–Trinajstić information content (AvgIpc) is 2.08. The van der Waals surface area contributed by atoms with E-state index in [1.54, 1.807) is 0 Å². The van der Waals surface area contributed by atoms with Crippen LogP contribution in [0.3, 0.4) is 0 Å². The van der Waals surface area contributed by atoms with Crippen molar-refractivity contribution in [2.45, 2.75) is 31.9 Å². The Morgan fingerprint density at radius 3 is 2.29 bits per heavy atom. The fraction of sp³-hybridized carbons (Fsp3) is 1.00. The maximum Gasteiger partial charge on any atom is 0.401 e. The number of unbranched alkanes of at least 4 members (excludes halogenated alkanes) is 3. The van der Waals surface area contributed by atoms with Gasteiger partial charge in [-0.2, -0.15) is 24.9 Å². The molecule has 0 bridgehead atoms. The van der Waals surface area contributed by atoms with Gasteiger partial charge < -0.3 is 5.32 Å². The smallest absolute Gasteiger partial charge is 0.309 e. The Hall–Kier alpha value is 0.100. The van der Waals surface area contributed by atoms with E-state index in [0.717, 1.165) is 25.0 Å². The Morgan fingerprint density at radius 2 is 1.71 bits per heavy atom. The van der Waals surface area contributed by atoms with E-state index in [1.165, 1.54) is 6.42 Å². The maximum atomic E-state index is 11.7. The number of alkyl halides is 3. The van der Waals surface area contributed by atoms with Gasteiger partial charge in [0, 0.05) is 0 Å². The molecule has 0 saturated heterocycles. The van der Waals surface area contributed by atoms with Gasteiger partial charge in [-0.25, -0.2) is 0 Å². The van der Waals surface area contributed by atoms with E-state index in [1.807, 2.05) is 11.8 Å². The Morgan fingerprint density at radius 1 is 1.07 bits per heavy atom. The van der Waals surface area contributed by atoms with Crippen LogP contribution in [0, 0.1) is 0 Å². The number of halogens is 3. The van der Waals surface area contributed by atoms with Gasteiger partial charge in [-0.3, -0.25) is 0 Å². The molecule has 0 aliphatic carbocycles. The first-order valence-electron chi connectivity index (χ1n) is 4.82. The molecule has 86 valence electrons. The van der Waals surface area contributed by atoms with Crippen molar-refractivity contribution in [1.29, 1.82) is 0 Å². The second kappa shape index (κ2) is 8.41. The molecular weight excluding hydrogens is 211 g/mol. The Kier molecular flexibility index (Phi) is 8.47. The Labute approximate surface area is 87.8 Å². The van der Waals surface area contributed by atoms with Gasteiger partial charge in [-0.15, -0.1) is 0 Å². The molecule has 0 radical (unpaired) electrons. The first-order valence-corrected chi connectivity index (χ1v) is 6.22. The molecule has 1 nitrogen and oxygen atoms in total. The minimum Gasteiger partial charge on any atom is -0.309 e. The van der Waals surface area contributed by atoms with Gasteiger partial charge in [-0.1, -0.05) is 12.8 Å². The van der Waals surface area contributed by atoms with Crippen LogP contribution < -0.4 is 5.32 Å². The van der Waals surface area contributed by atoms with E-state index in [9.17, 15) is 13.2 Å². The molecule has 0 rings (SSSR count). The molecule has 0 aromatic carbocycles. The topological polar surface area (TPSA) is 12.0 Å². The highest BCUT2D eigenvalue weighted by Gasteiger charge is 2.25. The number of hydrogen-bond donors (Lipinski definition) is 1. The molecule has 0 spiro atoms. The lowest BCUT2D eigenvalue weighted by molar-refractivity contribution is -0.124. The first kappa shape index (κ1) is 14.1. The molecule has 0 aliphatic heterocycles. The lowest BCUT2D eigenvalue weighted by Gasteiger charge is -2.07. The van der Waals surface area contributed by atoms with Gasteiger partial charge in [0.25, 0.3) is 0 Å². The van der Waals surface area contributed by atoms with Gasteiger partial charge in [0.05, 0.1) is 6.54 Å². The molecule has 0 aliphatic rings. The SMILES string of the molecule is CSCCCCCCNCC(F)(F)F. The summed E-state index contributed by atoms with van der Waals surface area (Å²) in [5.74, 6) is 1.15. The van der Waals surface area contributed by atoms with Crippen LogP contribution in [-0.2, 0) is 0 Å². The molecule has 0 fully saturated rings. The van der Waals surface area contributed by atoms with Crippen LogP contribution in [0.1, 0.15) is 25.7 Å². The molecule has 5 heteroatoms. The number of hydrogen-bond acceptors (Lipinski definition) is 2. The molecule has 0 amide bonds. The van der Waals surface area contributed by atoms with Crippen LogP contribution in [0.5, 0.6) is 0 Å². The van der Waals surface area contributed by atoms with Crippen molar-refractivity contribution in [1.82, 2.24) is 5.32 Å². The molecule has 0 aromatic rings. The van der Waals surface area contributed by atoms with E-state index in [0.29, 0.717) is 6.54 Å². The Balaban J connectivity index is 2.99. The molecule has 0 heterocycles. The van der Waals surface area contributed by atoms with Crippen molar-refractivity contribution in [3.63, 3.8) is 0 Å². The molecule has 0 saturated carbocycles. The van der Waals surface area contributed by atoms with Gasteiger partial charge in [0.15, 0.2) is 0 Å². The highest BCUT2D eigenvalue weighted by atomic mass is 32.2. The monoisotopic (exact) mass is 229 g/mol. The highest BCUT2D eigenvalue weighted by Crippen LogP contribution is 2.12. The summed E-state index contributed by atoms with van der Waals surface area (Å²) >= 11 is 1.81. The third-order valence-electron chi connectivity index (χ3n) is 1.78. The van der Waals surface area contributed by atoms with Gasteiger partial charge >= 0.3 is 6.18 Å². The zero-order valence-corrected chi connectivity index (χ0v) is 9.31. The summed E-state index contributed by atoms with van der Waals surface area (Å²) in [5.41, 5.74) is 0. The maximum absolute atomic E-state index is 11.7. The van der Waals surface area contributed by atoms with Gasteiger partial charge in [0.2, 0.25) is 0 Å². The fourth-order valence-corrected chi connectivity index (χ4v) is 1.57. The summed E-state index contributed by atoms with van der Waals surface area (Å²) in [6.45, 7) is -0.392. The summed E-state index contributed by atoms with van der Waals surface area (Å²) in [7, 11) is 0. The summed E-state index contributed by atoms with van der Waals surface area (Å²) < 4.78 is 35.0. The molecule has 1 N–H and O–H groups in total. The minimum atomic E-state index is -4.07. The number of rotatable bonds is 8. The Bertz CT molecular complexity index is 128. The molecule has 0 atom stereocenters. The molecule has 14 heavy (non-hydrogen) atoms. The molecule has 0 unspecified atom stereocenters. The molecular formula is C9H18F3NS. The predicted octanol–water partition coefficient (Wildman–Crippen LogP) is 3.06. The van der Waals surface area contributed by atoms with Crippen molar-refractivity contribution in [3.8, 4) is 0 Å². The van der Waals surface area contributed by atoms with E-state index in [2.05, 4.69) is 11.6 Å². The van der Waals surface area contributed by atoms with E-state index >= 15 is 0 Å². The zero-order valence-electron chi connectivity index (χ0n) is 8.49. The van der Waals surface area contributed by atoms with Crippen molar-refractivity contribution < 1.29 is 13.2 Å².